The number of hydrogen-bond acceptors (Lipinski definition) is 7. The lowest BCUT2D eigenvalue weighted by molar-refractivity contribution is -0.163. The van der Waals surface area contributed by atoms with Gasteiger partial charge in [0.2, 0.25) is 17.7 Å². The summed E-state index contributed by atoms with van der Waals surface area (Å²) in [5.41, 5.74) is -1.14. The number of likely N-dealkylation sites (tertiary alicyclic amines) is 1. The average molecular weight is 652 g/mol. The van der Waals surface area contributed by atoms with Crippen molar-refractivity contribution in [2.24, 2.45) is 17.8 Å². The minimum Gasteiger partial charge on any atom is -0.455 e. The van der Waals surface area contributed by atoms with Crippen LogP contribution in [0.25, 0.3) is 0 Å². The third-order valence-corrected chi connectivity index (χ3v) is 10.3. The molecule has 9 atom stereocenters. The predicted molar refractivity (Wildman–Crippen MR) is 179 cm³/mol. The number of aliphatic hydroxyl groups excluding tert-OH is 1. The van der Waals surface area contributed by atoms with E-state index >= 15 is 0 Å². The zero-order chi connectivity index (χ0) is 34.7. The molecular weight excluding hydrogens is 598 g/mol. The highest BCUT2D eigenvalue weighted by atomic mass is 16.6. The van der Waals surface area contributed by atoms with E-state index in [1.807, 2.05) is 65.0 Å². The van der Waals surface area contributed by atoms with Gasteiger partial charge in [-0.2, -0.15) is 0 Å². The fraction of sp³-hybridized carbons (Fsp3) is 0.622. The van der Waals surface area contributed by atoms with Crippen LogP contribution in [-0.2, 0) is 28.7 Å². The molecule has 258 valence electrons. The molecule has 10 heteroatoms. The van der Waals surface area contributed by atoms with Gasteiger partial charge in [0.1, 0.15) is 17.7 Å². The number of rotatable bonds is 15. The van der Waals surface area contributed by atoms with Gasteiger partial charge in [-0.15, -0.1) is 13.2 Å². The van der Waals surface area contributed by atoms with Crippen molar-refractivity contribution in [3.63, 3.8) is 0 Å². The number of benzene rings is 1. The van der Waals surface area contributed by atoms with E-state index in [-0.39, 0.29) is 43.2 Å². The normalized spacial score (nSPS) is 27.4. The SMILES string of the molecule is C=CCCC(=O)N[C@@H](C)[C@H](OC(=O)[C@@H]1[C@@H]2CC[C@]3(O2)[C@H](C(=O)N(CC=C)C(C)(C)C)N([C@@H](CO)[C@@H](C)CC)C(=O)[C@@H]13)c1ccccc1. The topological polar surface area (TPSA) is 125 Å². The number of aliphatic hydroxyl groups is 1. The first-order valence-electron chi connectivity index (χ1n) is 17.0. The Hall–Kier alpha value is -3.50. The molecule has 0 unspecified atom stereocenters. The molecule has 0 saturated carbocycles. The molecule has 2 N–H and O–H groups in total. The van der Waals surface area contributed by atoms with E-state index in [1.54, 1.807) is 24.0 Å². The van der Waals surface area contributed by atoms with Gasteiger partial charge in [0.25, 0.3) is 0 Å². The number of nitrogens with zero attached hydrogens (tertiary/aromatic N) is 2. The second kappa shape index (κ2) is 14.7. The fourth-order valence-corrected chi connectivity index (χ4v) is 7.72. The lowest BCUT2D eigenvalue weighted by Crippen LogP contribution is -2.62. The molecule has 3 amide bonds. The molecule has 1 aromatic carbocycles. The van der Waals surface area contributed by atoms with Crippen molar-refractivity contribution in [2.75, 3.05) is 13.2 Å². The van der Waals surface area contributed by atoms with Gasteiger partial charge >= 0.3 is 5.97 Å². The van der Waals surface area contributed by atoms with Gasteiger partial charge in [0.15, 0.2) is 0 Å². The van der Waals surface area contributed by atoms with Gasteiger partial charge in [-0.25, -0.2) is 0 Å². The number of carbonyl (C=O) groups is 4. The number of allylic oxidation sites excluding steroid dienone is 1. The number of ether oxygens (including phenoxy) is 2. The van der Waals surface area contributed by atoms with Crippen LogP contribution in [0.1, 0.15) is 85.3 Å². The number of hydrogen-bond donors (Lipinski definition) is 2. The maximum atomic E-state index is 14.7. The van der Waals surface area contributed by atoms with Gasteiger partial charge in [-0.05, 0) is 58.4 Å². The van der Waals surface area contributed by atoms with E-state index in [0.29, 0.717) is 31.2 Å². The van der Waals surface area contributed by atoms with Crippen LogP contribution in [0.4, 0.5) is 0 Å². The van der Waals surface area contributed by atoms with Crippen LogP contribution in [0.5, 0.6) is 0 Å². The van der Waals surface area contributed by atoms with Crippen molar-refractivity contribution >= 4 is 23.7 Å². The summed E-state index contributed by atoms with van der Waals surface area (Å²) < 4.78 is 12.9. The lowest BCUT2D eigenvalue weighted by atomic mass is 9.70. The Morgan fingerprint density at radius 3 is 2.45 bits per heavy atom. The summed E-state index contributed by atoms with van der Waals surface area (Å²) in [4.78, 5) is 59.5. The standard InChI is InChI=1S/C37H53N3O7/c1-9-12-18-28(42)38-24(5)31(25-16-14-13-15-17-25)46-35(45)29-27-19-20-37(47-27)30(29)33(43)40(26(22-41)23(4)11-3)32(37)34(44)39(21-10-2)36(6,7)8/h9-10,13-17,23-24,26-27,29-32,41H,1-2,11-12,18-22H2,3-8H3,(H,38,42)/t23-,24-,26-,27-,29+,30+,31-,32-,37+/m0/s1. The fourth-order valence-electron chi connectivity index (χ4n) is 7.72. The highest BCUT2D eigenvalue weighted by Gasteiger charge is 2.76. The molecule has 3 aliphatic heterocycles. The highest BCUT2D eigenvalue weighted by molar-refractivity contribution is 5.98. The summed E-state index contributed by atoms with van der Waals surface area (Å²) in [6.07, 6.45) is 4.24. The molecule has 4 rings (SSSR count). The van der Waals surface area contributed by atoms with Crippen molar-refractivity contribution in [1.29, 1.82) is 0 Å². The van der Waals surface area contributed by atoms with E-state index < -0.39 is 59.3 Å². The van der Waals surface area contributed by atoms with E-state index in [9.17, 15) is 24.3 Å². The highest BCUT2D eigenvalue weighted by Crippen LogP contribution is 2.59. The van der Waals surface area contributed by atoms with Gasteiger partial charge in [-0.3, -0.25) is 19.2 Å². The molecule has 1 aromatic rings. The Morgan fingerprint density at radius 1 is 1.19 bits per heavy atom. The summed E-state index contributed by atoms with van der Waals surface area (Å²) in [5, 5.41) is 13.6. The molecule has 3 aliphatic rings. The Balaban J connectivity index is 1.73. The smallest absolute Gasteiger partial charge is 0.313 e. The number of carbonyl (C=O) groups excluding carboxylic acids is 4. The van der Waals surface area contributed by atoms with E-state index in [1.165, 1.54) is 4.90 Å². The summed E-state index contributed by atoms with van der Waals surface area (Å²) in [6.45, 7) is 19.0. The first kappa shape index (κ1) is 36.3. The predicted octanol–water partition coefficient (Wildman–Crippen LogP) is 4.34. The number of fused-ring (bicyclic) bond motifs is 1. The largest absolute Gasteiger partial charge is 0.455 e. The first-order valence-corrected chi connectivity index (χ1v) is 17.0. The average Bonchev–Trinajstić information content (AvgIpc) is 3.68. The van der Waals surface area contributed by atoms with Gasteiger partial charge in [0.05, 0.1) is 36.6 Å². The van der Waals surface area contributed by atoms with Crippen molar-refractivity contribution in [1.82, 2.24) is 15.1 Å². The maximum Gasteiger partial charge on any atom is 0.313 e. The summed E-state index contributed by atoms with van der Waals surface area (Å²) in [7, 11) is 0. The molecule has 1 spiro atoms. The van der Waals surface area contributed by atoms with Crippen molar-refractivity contribution in [3.05, 3.63) is 61.2 Å². The molecule has 0 radical (unpaired) electrons. The van der Waals surface area contributed by atoms with Gasteiger partial charge in [-0.1, -0.05) is 62.8 Å². The lowest BCUT2D eigenvalue weighted by Gasteiger charge is -2.44. The van der Waals surface area contributed by atoms with E-state index in [4.69, 9.17) is 9.47 Å². The molecule has 0 aromatic heterocycles. The van der Waals surface area contributed by atoms with Gasteiger partial charge in [0, 0.05) is 18.5 Å². The summed E-state index contributed by atoms with van der Waals surface area (Å²) in [5.74, 6) is -3.49. The van der Waals surface area contributed by atoms with Crippen LogP contribution in [0.2, 0.25) is 0 Å². The molecule has 3 heterocycles. The quantitative estimate of drug-likeness (QED) is 0.214. The molecule has 0 aliphatic carbocycles. The van der Waals surface area contributed by atoms with Crippen molar-refractivity contribution in [3.8, 4) is 0 Å². The third kappa shape index (κ3) is 6.90. The van der Waals surface area contributed by atoms with Crippen molar-refractivity contribution < 1.29 is 33.8 Å². The molecular formula is C37H53N3O7. The Labute approximate surface area is 279 Å². The van der Waals surface area contributed by atoms with Gasteiger partial charge < -0.3 is 29.7 Å². The van der Waals surface area contributed by atoms with E-state index in [0.717, 1.165) is 0 Å². The van der Waals surface area contributed by atoms with Crippen LogP contribution < -0.4 is 5.32 Å². The number of esters is 1. The second-order valence-electron chi connectivity index (χ2n) is 14.3. The molecule has 10 nitrogen and oxygen atoms in total. The molecule has 47 heavy (non-hydrogen) atoms. The second-order valence-corrected chi connectivity index (χ2v) is 14.3. The van der Waals surface area contributed by atoms with Crippen LogP contribution in [0, 0.1) is 17.8 Å². The minimum atomic E-state index is -1.25. The number of amides is 3. The minimum absolute atomic E-state index is 0.118. The van der Waals surface area contributed by atoms with Crippen LogP contribution in [0.15, 0.2) is 55.6 Å². The Kier molecular flexibility index (Phi) is 11.4. The molecule has 2 bridgehead atoms. The first-order chi connectivity index (χ1) is 22.3. The summed E-state index contributed by atoms with van der Waals surface area (Å²) >= 11 is 0. The molecule has 3 fully saturated rings. The zero-order valence-corrected chi connectivity index (χ0v) is 28.8. The monoisotopic (exact) mass is 651 g/mol. The Morgan fingerprint density at radius 2 is 1.87 bits per heavy atom. The Bertz CT molecular complexity index is 1330. The van der Waals surface area contributed by atoms with Crippen LogP contribution >= 0.6 is 0 Å². The molecule has 3 saturated heterocycles. The summed E-state index contributed by atoms with van der Waals surface area (Å²) in [6, 6.07) is 6.95. The maximum absolute atomic E-state index is 14.7. The van der Waals surface area contributed by atoms with Crippen LogP contribution in [-0.4, -0.2) is 87.1 Å². The zero-order valence-electron chi connectivity index (χ0n) is 28.8. The third-order valence-electron chi connectivity index (χ3n) is 10.3. The van der Waals surface area contributed by atoms with Crippen molar-refractivity contribution in [2.45, 2.75) is 115 Å². The van der Waals surface area contributed by atoms with Crippen LogP contribution in [0.3, 0.4) is 0 Å². The number of nitrogens with one attached hydrogen (secondary N) is 1. The van der Waals surface area contributed by atoms with E-state index in [2.05, 4.69) is 18.5 Å².